The molecule has 4 aromatic heterocycles. The van der Waals surface area contributed by atoms with E-state index in [-0.39, 0.29) is 5.82 Å². The summed E-state index contributed by atoms with van der Waals surface area (Å²) >= 11 is 0. The van der Waals surface area contributed by atoms with E-state index >= 15 is 0 Å². The number of H-pyrrole nitrogens is 1. The van der Waals surface area contributed by atoms with Gasteiger partial charge in [0, 0.05) is 41.7 Å². The number of carboxylic acids is 1. The van der Waals surface area contributed by atoms with Gasteiger partial charge in [-0.05, 0) is 34.2 Å². The van der Waals surface area contributed by atoms with Gasteiger partial charge >= 0.3 is 5.82 Å². The predicted octanol–water partition coefficient (Wildman–Crippen LogP) is 3.17. The summed E-state index contributed by atoms with van der Waals surface area (Å²) in [4.78, 5) is 34.9. The molecule has 0 aliphatic heterocycles. The van der Waals surface area contributed by atoms with Crippen molar-refractivity contribution >= 4 is 33.7 Å². The van der Waals surface area contributed by atoms with E-state index in [0.717, 1.165) is 34.4 Å². The van der Waals surface area contributed by atoms with Crippen molar-refractivity contribution in [3.8, 4) is 11.3 Å². The Hall–Kier alpha value is -3.88. The van der Waals surface area contributed by atoms with Crippen molar-refractivity contribution < 1.29 is 14.8 Å². The Kier molecular flexibility index (Phi) is 4.52. The second-order valence-corrected chi connectivity index (χ2v) is 5.32. The third-order valence-corrected chi connectivity index (χ3v) is 3.49. The normalized spacial score (nSPS) is 10.3. The molecule has 0 aliphatic rings. The molecule has 9 heteroatoms. The first-order valence-corrected chi connectivity index (χ1v) is 7.48. The van der Waals surface area contributed by atoms with Gasteiger partial charge in [0.2, 0.25) is 0 Å². The van der Waals surface area contributed by atoms with Gasteiger partial charge in [-0.2, -0.15) is 0 Å². The molecule has 0 atom stereocenters. The number of hydrogen-bond acceptors (Lipinski definition) is 6. The minimum atomic E-state index is -0.833. The van der Waals surface area contributed by atoms with E-state index in [0.29, 0.717) is 5.69 Å². The van der Waals surface area contributed by atoms with E-state index < -0.39 is 10.9 Å². The molecule has 26 heavy (non-hydrogen) atoms. The highest BCUT2D eigenvalue weighted by molar-refractivity contribution is 6.05. The van der Waals surface area contributed by atoms with Crippen molar-refractivity contribution in [1.29, 1.82) is 0 Å². The van der Waals surface area contributed by atoms with Crippen molar-refractivity contribution in [3.63, 3.8) is 0 Å². The van der Waals surface area contributed by atoms with Crippen molar-refractivity contribution in [2.45, 2.75) is 6.92 Å². The standard InChI is InChI=1S/C15H9N5O2.C2H4O2/c21-20(22)14-4-1-9(7-17-14)12-3-2-10-11-8-16-6-5-13(11)19-15(10)18-12;1-2(3)4/h1-8H,(H,18,19);1H3,(H,3,4). The number of nitrogens with zero attached hydrogens (tertiary/aromatic N) is 4. The zero-order valence-electron chi connectivity index (χ0n) is 13.6. The molecule has 4 heterocycles. The second kappa shape index (κ2) is 6.93. The quantitative estimate of drug-likeness (QED) is 0.418. The van der Waals surface area contributed by atoms with E-state index in [9.17, 15) is 10.1 Å². The van der Waals surface area contributed by atoms with Crippen molar-refractivity contribution in [2.75, 3.05) is 0 Å². The van der Waals surface area contributed by atoms with Gasteiger partial charge in [0.25, 0.3) is 5.97 Å². The zero-order chi connectivity index (χ0) is 18.7. The molecule has 0 saturated heterocycles. The van der Waals surface area contributed by atoms with Gasteiger partial charge in [0.15, 0.2) is 0 Å². The van der Waals surface area contributed by atoms with Crippen LogP contribution in [-0.2, 0) is 4.79 Å². The number of fused-ring (bicyclic) bond motifs is 3. The minimum Gasteiger partial charge on any atom is -0.481 e. The molecule has 0 radical (unpaired) electrons. The third-order valence-electron chi connectivity index (χ3n) is 3.49. The Bertz CT molecular complexity index is 1100. The topological polar surface area (TPSA) is 135 Å². The summed E-state index contributed by atoms with van der Waals surface area (Å²) in [5, 5.41) is 20.1. The Morgan fingerprint density at radius 3 is 2.58 bits per heavy atom. The largest absolute Gasteiger partial charge is 0.481 e. The van der Waals surface area contributed by atoms with Crippen LogP contribution in [0.1, 0.15) is 6.92 Å². The molecule has 0 aliphatic carbocycles. The Morgan fingerprint density at radius 2 is 1.92 bits per heavy atom. The number of nitrogens with one attached hydrogen (secondary N) is 1. The Balaban J connectivity index is 0.000000447. The van der Waals surface area contributed by atoms with Crippen LogP contribution < -0.4 is 0 Å². The molecule has 0 amide bonds. The lowest BCUT2D eigenvalue weighted by Crippen LogP contribution is -1.92. The Morgan fingerprint density at radius 1 is 1.15 bits per heavy atom. The zero-order valence-corrected chi connectivity index (χ0v) is 13.6. The van der Waals surface area contributed by atoms with Crippen LogP contribution in [0.15, 0.2) is 48.9 Å². The average Bonchev–Trinajstić information content (AvgIpc) is 2.99. The molecule has 0 unspecified atom stereocenters. The SMILES string of the molecule is CC(=O)O.O=[N+]([O-])c1ccc(-c2ccc3c(n2)[nH]c2ccncc23)cn1. The van der Waals surface area contributed by atoms with Crippen LogP contribution in [0.5, 0.6) is 0 Å². The first-order valence-electron chi connectivity index (χ1n) is 7.48. The van der Waals surface area contributed by atoms with Crippen LogP contribution in [0.2, 0.25) is 0 Å². The van der Waals surface area contributed by atoms with Crippen LogP contribution >= 0.6 is 0 Å². The minimum absolute atomic E-state index is 0.179. The maximum absolute atomic E-state index is 10.6. The fourth-order valence-electron chi connectivity index (χ4n) is 2.42. The van der Waals surface area contributed by atoms with Crippen LogP contribution in [0, 0.1) is 10.1 Å². The highest BCUT2D eigenvalue weighted by Crippen LogP contribution is 2.26. The number of aromatic amines is 1. The number of rotatable bonds is 2. The lowest BCUT2D eigenvalue weighted by Gasteiger charge is -1.99. The van der Waals surface area contributed by atoms with Gasteiger partial charge in [-0.15, -0.1) is 0 Å². The molecular formula is C17H13N5O4. The van der Waals surface area contributed by atoms with Crippen molar-refractivity contribution in [3.05, 3.63) is 59.0 Å². The number of hydrogen-bond donors (Lipinski definition) is 2. The molecule has 9 nitrogen and oxygen atoms in total. The lowest BCUT2D eigenvalue weighted by molar-refractivity contribution is -0.389. The smallest absolute Gasteiger partial charge is 0.363 e. The van der Waals surface area contributed by atoms with E-state index in [4.69, 9.17) is 9.90 Å². The molecule has 0 saturated carbocycles. The average molecular weight is 351 g/mol. The second-order valence-electron chi connectivity index (χ2n) is 5.32. The summed E-state index contributed by atoms with van der Waals surface area (Å²) in [6.07, 6.45) is 4.97. The van der Waals surface area contributed by atoms with Gasteiger partial charge < -0.3 is 20.2 Å². The fraction of sp³-hybridized carbons (Fsp3) is 0.0588. The number of pyridine rings is 3. The van der Waals surface area contributed by atoms with E-state index in [1.54, 1.807) is 18.5 Å². The molecule has 0 spiro atoms. The summed E-state index contributed by atoms with van der Waals surface area (Å²) in [6.45, 7) is 1.08. The van der Waals surface area contributed by atoms with Gasteiger partial charge in [-0.1, -0.05) is 0 Å². The summed E-state index contributed by atoms with van der Waals surface area (Å²) in [5.41, 5.74) is 3.15. The van der Waals surface area contributed by atoms with Crippen LogP contribution in [0.4, 0.5) is 5.82 Å². The van der Waals surface area contributed by atoms with Crippen LogP contribution in [0.3, 0.4) is 0 Å². The van der Waals surface area contributed by atoms with E-state index in [1.165, 1.54) is 12.3 Å². The summed E-state index contributed by atoms with van der Waals surface area (Å²) in [7, 11) is 0. The number of carbonyl (C=O) groups is 1. The van der Waals surface area contributed by atoms with E-state index in [1.807, 2.05) is 18.2 Å². The molecule has 130 valence electrons. The van der Waals surface area contributed by atoms with Gasteiger partial charge in [0.05, 0.1) is 11.2 Å². The fourth-order valence-corrected chi connectivity index (χ4v) is 2.42. The van der Waals surface area contributed by atoms with Gasteiger partial charge in [-0.25, -0.2) is 4.98 Å². The number of nitro groups is 1. The predicted molar refractivity (Wildman–Crippen MR) is 94.6 cm³/mol. The number of aromatic nitrogens is 4. The highest BCUT2D eigenvalue weighted by atomic mass is 16.6. The maximum Gasteiger partial charge on any atom is 0.363 e. The third kappa shape index (κ3) is 3.46. The molecule has 4 rings (SSSR count). The summed E-state index contributed by atoms with van der Waals surface area (Å²) in [5.74, 6) is -1.01. The molecule has 2 N–H and O–H groups in total. The van der Waals surface area contributed by atoms with Gasteiger partial charge in [-0.3, -0.25) is 9.78 Å². The van der Waals surface area contributed by atoms with Crippen molar-refractivity contribution in [1.82, 2.24) is 19.9 Å². The molecule has 4 aromatic rings. The molecule has 0 aromatic carbocycles. The summed E-state index contributed by atoms with van der Waals surface area (Å²) in [6, 6.07) is 8.73. The van der Waals surface area contributed by atoms with E-state index in [2.05, 4.69) is 19.9 Å². The monoisotopic (exact) mass is 351 g/mol. The van der Waals surface area contributed by atoms with Crippen molar-refractivity contribution in [2.24, 2.45) is 0 Å². The molecule has 0 fully saturated rings. The first kappa shape index (κ1) is 17.0. The maximum atomic E-state index is 10.6. The summed E-state index contributed by atoms with van der Waals surface area (Å²) < 4.78 is 0. The van der Waals surface area contributed by atoms with Gasteiger partial charge in [0.1, 0.15) is 11.8 Å². The van der Waals surface area contributed by atoms with Crippen LogP contribution in [-0.4, -0.2) is 35.9 Å². The lowest BCUT2D eigenvalue weighted by atomic mass is 10.1. The number of carboxylic acid groups (broad SMARTS) is 1. The van der Waals surface area contributed by atoms with Crippen LogP contribution in [0.25, 0.3) is 33.2 Å². The number of aliphatic carboxylic acids is 1. The molecule has 0 bridgehead atoms. The first-order chi connectivity index (χ1) is 12.5. The molecular weight excluding hydrogens is 338 g/mol. The Labute approximate surface area is 146 Å². The highest BCUT2D eigenvalue weighted by Gasteiger charge is 2.11.